The van der Waals surface area contributed by atoms with E-state index in [1.165, 1.54) is 5.56 Å². The summed E-state index contributed by atoms with van der Waals surface area (Å²) >= 11 is 0. The molecule has 2 aromatic carbocycles. The summed E-state index contributed by atoms with van der Waals surface area (Å²) in [5, 5.41) is 0. The maximum atomic E-state index is 12.7. The number of hydrogen-bond acceptors (Lipinski definition) is 2. The summed E-state index contributed by atoms with van der Waals surface area (Å²) < 4.78 is 7.55. The van der Waals surface area contributed by atoms with Crippen molar-refractivity contribution >= 4 is 5.97 Å². The molecule has 0 N–H and O–H groups in total. The summed E-state index contributed by atoms with van der Waals surface area (Å²) in [6.07, 6.45) is 5.59. The lowest BCUT2D eigenvalue weighted by molar-refractivity contribution is -0.693. The zero-order chi connectivity index (χ0) is 18.2. The first-order valence-electron chi connectivity index (χ1n) is 9.07. The standard InChI is InChI=1S/C23H24NO2/c1-2-24-16-15-21(20-13-7-4-8-14-20)22(18-24)23(25)26-17-9-12-19-10-5-3-6-11-19/h3-8,10-11,13-16,18H,2,9,12,17H2,1H3/q+1. The lowest BCUT2D eigenvalue weighted by atomic mass is 10.0. The number of aryl methyl sites for hydroxylation is 2. The van der Waals surface area contributed by atoms with E-state index >= 15 is 0 Å². The Morgan fingerprint density at radius 1 is 0.962 bits per heavy atom. The van der Waals surface area contributed by atoms with Crippen LogP contribution in [0.5, 0.6) is 0 Å². The van der Waals surface area contributed by atoms with Crippen LogP contribution in [-0.2, 0) is 17.7 Å². The number of ether oxygens (including phenoxy) is 1. The molecule has 3 aromatic rings. The fraction of sp³-hybridized carbons (Fsp3) is 0.217. The molecule has 0 amide bonds. The first-order chi connectivity index (χ1) is 12.8. The van der Waals surface area contributed by atoms with Crippen LogP contribution in [0, 0.1) is 0 Å². The Hall–Kier alpha value is -2.94. The van der Waals surface area contributed by atoms with Crippen LogP contribution in [0.4, 0.5) is 0 Å². The third kappa shape index (κ3) is 4.57. The summed E-state index contributed by atoms with van der Waals surface area (Å²) in [5.74, 6) is -0.264. The minimum Gasteiger partial charge on any atom is -0.462 e. The molecule has 0 bridgehead atoms. The zero-order valence-corrected chi connectivity index (χ0v) is 15.1. The second kappa shape index (κ2) is 8.95. The van der Waals surface area contributed by atoms with Gasteiger partial charge in [-0.15, -0.1) is 0 Å². The third-order valence-corrected chi connectivity index (χ3v) is 4.37. The van der Waals surface area contributed by atoms with Crippen LogP contribution in [0.3, 0.4) is 0 Å². The van der Waals surface area contributed by atoms with E-state index in [2.05, 4.69) is 19.1 Å². The Labute approximate surface area is 154 Å². The van der Waals surface area contributed by atoms with Gasteiger partial charge in [0.25, 0.3) is 0 Å². The molecule has 0 saturated heterocycles. The number of carbonyl (C=O) groups excluding carboxylic acids is 1. The van der Waals surface area contributed by atoms with Gasteiger partial charge in [-0.05, 0) is 30.9 Å². The molecule has 0 spiro atoms. The van der Waals surface area contributed by atoms with Crippen LogP contribution in [-0.4, -0.2) is 12.6 Å². The highest BCUT2D eigenvalue weighted by Gasteiger charge is 2.18. The van der Waals surface area contributed by atoms with Crippen LogP contribution < -0.4 is 4.57 Å². The molecule has 3 heteroatoms. The summed E-state index contributed by atoms with van der Waals surface area (Å²) in [7, 11) is 0. The van der Waals surface area contributed by atoms with Crippen molar-refractivity contribution in [2.45, 2.75) is 26.3 Å². The number of rotatable bonds is 7. The van der Waals surface area contributed by atoms with Gasteiger partial charge in [-0.2, -0.15) is 0 Å². The number of nitrogens with zero attached hydrogens (tertiary/aromatic N) is 1. The topological polar surface area (TPSA) is 30.2 Å². The van der Waals surface area contributed by atoms with Crippen molar-refractivity contribution < 1.29 is 14.1 Å². The van der Waals surface area contributed by atoms with E-state index < -0.39 is 0 Å². The fourth-order valence-corrected chi connectivity index (χ4v) is 2.93. The van der Waals surface area contributed by atoms with E-state index in [9.17, 15) is 4.79 Å². The first kappa shape index (κ1) is 17.9. The Bertz CT molecular complexity index is 845. The Morgan fingerprint density at radius 3 is 2.35 bits per heavy atom. The summed E-state index contributed by atoms with van der Waals surface area (Å²) in [5.41, 5.74) is 3.80. The van der Waals surface area contributed by atoms with Gasteiger partial charge >= 0.3 is 5.97 Å². The van der Waals surface area contributed by atoms with Crippen molar-refractivity contribution in [3.05, 3.63) is 90.3 Å². The van der Waals surface area contributed by atoms with Gasteiger partial charge in [0.1, 0.15) is 12.1 Å². The van der Waals surface area contributed by atoms with E-state index in [0.29, 0.717) is 12.2 Å². The number of carbonyl (C=O) groups is 1. The number of aromatic nitrogens is 1. The predicted molar refractivity (Wildman–Crippen MR) is 103 cm³/mol. The highest BCUT2D eigenvalue weighted by molar-refractivity contribution is 5.96. The summed E-state index contributed by atoms with van der Waals surface area (Å²) in [6.45, 7) is 3.28. The molecule has 0 unspecified atom stereocenters. The second-order valence-electron chi connectivity index (χ2n) is 6.19. The van der Waals surface area contributed by atoms with Crippen molar-refractivity contribution in [3.8, 4) is 11.1 Å². The average molecular weight is 346 g/mol. The van der Waals surface area contributed by atoms with E-state index in [4.69, 9.17) is 4.74 Å². The largest absolute Gasteiger partial charge is 0.462 e. The van der Waals surface area contributed by atoms with E-state index in [1.54, 1.807) is 0 Å². The molecule has 132 valence electrons. The van der Waals surface area contributed by atoms with Gasteiger partial charge in [0.15, 0.2) is 12.4 Å². The molecule has 0 aliphatic rings. The van der Waals surface area contributed by atoms with Crippen molar-refractivity contribution in [3.63, 3.8) is 0 Å². The third-order valence-electron chi connectivity index (χ3n) is 4.37. The fourth-order valence-electron chi connectivity index (χ4n) is 2.93. The van der Waals surface area contributed by atoms with Crippen molar-refractivity contribution in [2.75, 3.05) is 6.61 Å². The number of hydrogen-bond donors (Lipinski definition) is 0. The van der Waals surface area contributed by atoms with Crippen molar-refractivity contribution in [1.29, 1.82) is 0 Å². The van der Waals surface area contributed by atoms with Crippen molar-refractivity contribution in [2.24, 2.45) is 0 Å². The Balaban J connectivity index is 1.69. The lowest BCUT2D eigenvalue weighted by Gasteiger charge is -2.09. The van der Waals surface area contributed by atoms with Gasteiger partial charge in [-0.25, -0.2) is 9.36 Å². The van der Waals surface area contributed by atoms with Crippen LogP contribution in [0.15, 0.2) is 79.1 Å². The second-order valence-corrected chi connectivity index (χ2v) is 6.19. The molecule has 3 nitrogen and oxygen atoms in total. The number of benzene rings is 2. The number of esters is 1. The highest BCUT2D eigenvalue weighted by Crippen LogP contribution is 2.23. The molecule has 0 radical (unpaired) electrons. The van der Waals surface area contributed by atoms with E-state index in [1.807, 2.05) is 71.6 Å². The summed E-state index contributed by atoms with van der Waals surface area (Å²) in [6, 6.07) is 22.2. The smallest absolute Gasteiger partial charge is 0.344 e. The molecule has 3 rings (SSSR count). The molecule has 0 fully saturated rings. The molecule has 0 atom stereocenters. The average Bonchev–Trinajstić information content (AvgIpc) is 2.72. The van der Waals surface area contributed by atoms with E-state index in [-0.39, 0.29) is 5.97 Å². The molecule has 0 aliphatic heterocycles. The lowest BCUT2D eigenvalue weighted by Crippen LogP contribution is -2.33. The molecule has 0 saturated carbocycles. The van der Waals surface area contributed by atoms with Crippen LogP contribution in [0.1, 0.15) is 29.3 Å². The minimum atomic E-state index is -0.264. The van der Waals surface area contributed by atoms with Gasteiger partial charge in [-0.1, -0.05) is 60.7 Å². The maximum absolute atomic E-state index is 12.7. The highest BCUT2D eigenvalue weighted by atomic mass is 16.5. The summed E-state index contributed by atoms with van der Waals surface area (Å²) in [4.78, 5) is 12.7. The molecular weight excluding hydrogens is 322 g/mol. The maximum Gasteiger partial charge on any atom is 0.344 e. The Morgan fingerprint density at radius 2 is 1.65 bits per heavy atom. The minimum absolute atomic E-state index is 0.264. The zero-order valence-electron chi connectivity index (χ0n) is 15.1. The van der Waals surface area contributed by atoms with Crippen molar-refractivity contribution in [1.82, 2.24) is 0 Å². The van der Waals surface area contributed by atoms with E-state index in [0.717, 1.165) is 30.5 Å². The number of pyridine rings is 1. The van der Waals surface area contributed by atoms with Gasteiger partial charge in [0.05, 0.1) is 6.61 Å². The SMILES string of the molecule is CC[n+]1ccc(-c2ccccc2)c(C(=O)OCCCc2ccccc2)c1. The van der Waals surface area contributed by atoms with Gasteiger partial charge in [0, 0.05) is 11.6 Å². The quantitative estimate of drug-likeness (QED) is 0.359. The van der Waals surface area contributed by atoms with Crippen LogP contribution in [0.2, 0.25) is 0 Å². The molecular formula is C23H24NO2+. The van der Waals surface area contributed by atoms with Crippen LogP contribution >= 0.6 is 0 Å². The van der Waals surface area contributed by atoms with Gasteiger partial charge in [-0.3, -0.25) is 0 Å². The van der Waals surface area contributed by atoms with Crippen LogP contribution in [0.25, 0.3) is 11.1 Å². The Kier molecular flexibility index (Phi) is 6.15. The normalized spacial score (nSPS) is 10.5. The predicted octanol–water partition coefficient (Wildman–Crippen LogP) is 4.45. The molecule has 1 aromatic heterocycles. The molecule has 26 heavy (non-hydrogen) atoms. The monoisotopic (exact) mass is 346 g/mol. The molecule has 0 aliphatic carbocycles. The first-order valence-corrected chi connectivity index (χ1v) is 9.07. The van der Waals surface area contributed by atoms with Gasteiger partial charge in [0.2, 0.25) is 0 Å². The molecule has 1 heterocycles. The van der Waals surface area contributed by atoms with Gasteiger partial charge < -0.3 is 4.74 Å².